The van der Waals surface area contributed by atoms with Crippen molar-refractivity contribution in [3.8, 4) is 0 Å². The van der Waals surface area contributed by atoms with E-state index in [0.29, 0.717) is 0 Å². The van der Waals surface area contributed by atoms with E-state index in [1.165, 1.54) is 6.08 Å². The van der Waals surface area contributed by atoms with E-state index in [9.17, 15) is 9.59 Å². The normalized spacial score (nSPS) is 11.3. The minimum absolute atomic E-state index is 0.0451. The van der Waals surface area contributed by atoms with Gasteiger partial charge in [-0.15, -0.1) is 0 Å². The number of ether oxygens (including phenoxy) is 1. The van der Waals surface area contributed by atoms with E-state index in [2.05, 4.69) is 16.6 Å². The zero-order chi connectivity index (χ0) is 13.4. The van der Waals surface area contributed by atoms with Gasteiger partial charge in [0.1, 0.15) is 12.6 Å². The fraction of sp³-hybridized carbons (Fsp3) is 0.231. The van der Waals surface area contributed by atoms with Crippen LogP contribution in [0.4, 0.5) is 4.79 Å². The largest absolute Gasteiger partial charge is 0.480 e. The number of nitrogens with one attached hydrogen (secondary N) is 1. The van der Waals surface area contributed by atoms with Crippen LogP contribution in [-0.2, 0) is 16.0 Å². The van der Waals surface area contributed by atoms with Gasteiger partial charge in [-0.25, -0.2) is 9.59 Å². The zero-order valence-corrected chi connectivity index (χ0v) is 9.83. The van der Waals surface area contributed by atoms with Crippen molar-refractivity contribution in [2.24, 2.45) is 0 Å². The number of aliphatic carboxylic acids is 1. The molecule has 0 aliphatic heterocycles. The summed E-state index contributed by atoms with van der Waals surface area (Å²) in [5.74, 6) is -1.10. The Balaban J connectivity index is 2.58. The van der Waals surface area contributed by atoms with Crippen LogP contribution < -0.4 is 5.32 Å². The van der Waals surface area contributed by atoms with Crippen LogP contribution >= 0.6 is 0 Å². The first-order chi connectivity index (χ1) is 8.63. The van der Waals surface area contributed by atoms with E-state index in [0.717, 1.165) is 5.56 Å². The van der Waals surface area contributed by atoms with Crippen molar-refractivity contribution in [3.05, 3.63) is 48.6 Å². The molecule has 2 N–H and O–H groups in total. The Morgan fingerprint density at radius 3 is 2.61 bits per heavy atom. The smallest absolute Gasteiger partial charge is 0.408 e. The lowest BCUT2D eigenvalue weighted by Gasteiger charge is -2.14. The highest BCUT2D eigenvalue weighted by Gasteiger charge is 2.20. The third-order valence-corrected chi connectivity index (χ3v) is 2.21. The summed E-state index contributed by atoms with van der Waals surface area (Å²) in [5, 5.41) is 11.3. The summed E-state index contributed by atoms with van der Waals surface area (Å²) in [6, 6.07) is 8.05. The molecule has 96 valence electrons. The number of alkyl carbamates (subject to hydrolysis) is 1. The molecule has 0 heterocycles. The molecule has 0 aromatic heterocycles. The Morgan fingerprint density at radius 2 is 2.06 bits per heavy atom. The summed E-state index contributed by atoms with van der Waals surface area (Å²) in [6.07, 6.45) is 0.851. The summed E-state index contributed by atoms with van der Waals surface area (Å²) in [4.78, 5) is 22.3. The van der Waals surface area contributed by atoms with Crippen LogP contribution in [0, 0.1) is 0 Å². The zero-order valence-electron chi connectivity index (χ0n) is 9.83. The second-order valence-electron chi connectivity index (χ2n) is 3.61. The van der Waals surface area contributed by atoms with E-state index in [1.807, 2.05) is 18.2 Å². The molecule has 0 fully saturated rings. The maximum atomic E-state index is 11.3. The predicted octanol–water partition coefficient (Wildman–Crippen LogP) is 1.59. The minimum atomic E-state index is -1.10. The van der Waals surface area contributed by atoms with Gasteiger partial charge >= 0.3 is 12.1 Å². The number of carbonyl (C=O) groups is 2. The summed E-state index contributed by atoms with van der Waals surface area (Å²) in [7, 11) is 0. The lowest BCUT2D eigenvalue weighted by atomic mass is 10.1. The van der Waals surface area contributed by atoms with E-state index in [1.54, 1.807) is 12.1 Å². The summed E-state index contributed by atoms with van der Waals surface area (Å²) < 4.78 is 4.68. The van der Waals surface area contributed by atoms with Crippen molar-refractivity contribution >= 4 is 12.1 Å². The van der Waals surface area contributed by atoms with Crippen molar-refractivity contribution in [1.29, 1.82) is 0 Å². The summed E-state index contributed by atoms with van der Waals surface area (Å²) >= 11 is 0. The fourth-order valence-electron chi connectivity index (χ4n) is 1.37. The van der Waals surface area contributed by atoms with Crippen LogP contribution in [0.3, 0.4) is 0 Å². The molecule has 1 aromatic carbocycles. The third-order valence-electron chi connectivity index (χ3n) is 2.21. The van der Waals surface area contributed by atoms with E-state index < -0.39 is 18.1 Å². The first-order valence-electron chi connectivity index (χ1n) is 5.44. The highest BCUT2D eigenvalue weighted by molar-refractivity contribution is 5.80. The number of amides is 1. The number of hydrogen-bond acceptors (Lipinski definition) is 3. The lowest BCUT2D eigenvalue weighted by molar-refractivity contribution is -0.139. The summed E-state index contributed by atoms with van der Waals surface area (Å²) in [6.45, 7) is 3.44. The molecular weight excluding hydrogens is 234 g/mol. The van der Waals surface area contributed by atoms with Gasteiger partial charge in [0, 0.05) is 6.42 Å². The first kappa shape index (κ1) is 13.8. The maximum Gasteiger partial charge on any atom is 0.408 e. The first-order valence-corrected chi connectivity index (χ1v) is 5.44. The number of carbonyl (C=O) groups excluding carboxylic acids is 1. The molecule has 0 radical (unpaired) electrons. The van der Waals surface area contributed by atoms with Gasteiger partial charge in [0.25, 0.3) is 0 Å². The average molecular weight is 249 g/mol. The molecule has 0 aliphatic carbocycles. The second kappa shape index (κ2) is 7.11. The van der Waals surface area contributed by atoms with Crippen LogP contribution in [0.2, 0.25) is 0 Å². The highest BCUT2D eigenvalue weighted by Crippen LogP contribution is 2.03. The van der Waals surface area contributed by atoms with Crippen molar-refractivity contribution in [2.75, 3.05) is 6.61 Å². The molecule has 0 spiro atoms. The quantitative estimate of drug-likeness (QED) is 0.751. The molecule has 1 atom stereocenters. The predicted molar refractivity (Wildman–Crippen MR) is 66.3 cm³/mol. The Bertz CT molecular complexity index is 416. The molecule has 5 nitrogen and oxygen atoms in total. The average Bonchev–Trinajstić information content (AvgIpc) is 2.36. The molecule has 5 heteroatoms. The monoisotopic (exact) mass is 249 g/mol. The molecule has 0 saturated carbocycles. The van der Waals surface area contributed by atoms with E-state index >= 15 is 0 Å². The Hall–Kier alpha value is -2.30. The standard InChI is InChI=1S/C13H15NO4/c1-2-8-18-13(17)14-11(12(15)16)9-10-6-4-3-5-7-10/h2-7,11H,1,8-9H2,(H,14,17)(H,15,16). The number of hydrogen-bond donors (Lipinski definition) is 2. The van der Waals surface area contributed by atoms with Crippen LogP contribution in [0.25, 0.3) is 0 Å². The van der Waals surface area contributed by atoms with Crippen LogP contribution in [0.1, 0.15) is 5.56 Å². The van der Waals surface area contributed by atoms with Crippen molar-refractivity contribution in [3.63, 3.8) is 0 Å². The Morgan fingerprint density at radius 1 is 1.39 bits per heavy atom. The van der Waals surface area contributed by atoms with Crippen LogP contribution in [0.5, 0.6) is 0 Å². The molecule has 0 aliphatic rings. The molecule has 1 amide bonds. The van der Waals surface area contributed by atoms with Gasteiger partial charge in [-0.05, 0) is 5.56 Å². The molecule has 0 saturated heterocycles. The van der Waals surface area contributed by atoms with Gasteiger partial charge in [-0.1, -0.05) is 43.0 Å². The summed E-state index contributed by atoms with van der Waals surface area (Å²) in [5.41, 5.74) is 0.828. The highest BCUT2D eigenvalue weighted by atomic mass is 16.5. The third kappa shape index (κ3) is 4.69. The van der Waals surface area contributed by atoms with Gasteiger partial charge in [-0.3, -0.25) is 0 Å². The molecule has 1 rings (SSSR count). The lowest BCUT2D eigenvalue weighted by Crippen LogP contribution is -2.42. The SMILES string of the molecule is C=CCOC(=O)NC(Cc1ccccc1)C(=O)O. The van der Waals surface area contributed by atoms with E-state index in [-0.39, 0.29) is 13.0 Å². The van der Waals surface area contributed by atoms with Gasteiger partial charge < -0.3 is 15.2 Å². The van der Waals surface area contributed by atoms with Crippen LogP contribution in [0.15, 0.2) is 43.0 Å². The van der Waals surface area contributed by atoms with E-state index in [4.69, 9.17) is 5.11 Å². The number of benzene rings is 1. The molecule has 0 bridgehead atoms. The van der Waals surface area contributed by atoms with Crippen molar-refractivity contribution in [1.82, 2.24) is 5.32 Å². The topological polar surface area (TPSA) is 75.6 Å². The Labute approximate surface area is 105 Å². The number of rotatable bonds is 6. The van der Waals surface area contributed by atoms with Crippen molar-refractivity contribution < 1.29 is 19.4 Å². The number of carboxylic acid groups (broad SMARTS) is 1. The van der Waals surface area contributed by atoms with Gasteiger partial charge in [0.2, 0.25) is 0 Å². The van der Waals surface area contributed by atoms with Crippen molar-refractivity contribution in [2.45, 2.75) is 12.5 Å². The number of carboxylic acids is 1. The molecular formula is C13H15NO4. The van der Waals surface area contributed by atoms with Gasteiger partial charge in [0.05, 0.1) is 0 Å². The fourth-order valence-corrected chi connectivity index (χ4v) is 1.37. The minimum Gasteiger partial charge on any atom is -0.480 e. The maximum absolute atomic E-state index is 11.3. The molecule has 1 aromatic rings. The molecule has 18 heavy (non-hydrogen) atoms. The van der Waals surface area contributed by atoms with Gasteiger partial charge in [-0.2, -0.15) is 0 Å². The van der Waals surface area contributed by atoms with Gasteiger partial charge in [0.15, 0.2) is 0 Å². The molecule has 1 unspecified atom stereocenters. The second-order valence-corrected chi connectivity index (χ2v) is 3.61. The van der Waals surface area contributed by atoms with Crippen LogP contribution in [-0.4, -0.2) is 29.8 Å². The Kier molecular flexibility index (Phi) is 5.44.